The van der Waals surface area contributed by atoms with Gasteiger partial charge in [0.05, 0.1) is 6.04 Å². The quantitative estimate of drug-likeness (QED) is 0.589. The molecule has 1 fully saturated rings. The first-order valence-corrected chi connectivity index (χ1v) is 5.38. The topological polar surface area (TPSA) is 58.4 Å². The summed E-state index contributed by atoms with van der Waals surface area (Å²) in [4.78, 5) is 13.1. The number of rotatable bonds is 6. The van der Waals surface area contributed by atoms with Crippen molar-refractivity contribution in [1.29, 1.82) is 0 Å². The van der Waals surface area contributed by atoms with Gasteiger partial charge in [0.2, 0.25) is 5.91 Å². The highest BCUT2D eigenvalue weighted by molar-refractivity contribution is 5.80. The Bertz CT molecular complexity index is 194. The maximum atomic E-state index is 10.9. The molecule has 0 radical (unpaired) electrons. The van der Waals surface area contributed by atoms with E-state index in [0.717, 1.165) is 32.5 Å². The van der Waals surface area contributed by atoms with Crippen LogP contribution in [-0.4, -0.2) is 42.5 Å². The van der Waals surface area contributed by atoms with Crippen LogP contribution in [0.1, 0.15) is 26.7 Å². The predicted molar refractivity (Wildman–Crippen MR) is 56.9 cm³/mol. The second kappa shape index (κ2) is 5.32. The van der Waals surface area contributed by atoms with Crippen LogP contribution in [0.2, 0.25) is 0 Å². The zero-order valence-corrected chi connectivity index (χ0v) is 9.12. The van der Waals surface area contributed by atoms with E-state index in [9.17, 15) is 4.79 Å². The average molecular weight is 199 g/mol. The summed E-state index contributed by atoms with van der Waals surface area (Å²) in [6, 6.07) is 0.548. The maximum Gasteiger partial charge on any atom is 0.234 e. The number of hydrogen-bond donors (Lipinski definition) is 2. The van der Waals surface area contributed by atoms with Crippen molar-refractivity contribution in [3.63, 3.8) is 0 Å². The summed E-state index contributed by atoms with van der Waals surface area (Å²) < 4.78 is 0. The molecule has 0 aromatic carbocycles. The minimum absolute atomic E-state index is 0.00838. The Balaban J connectivity index is 2.05. The number of nitrogens with one attached hydrogen (secondary N) is 1. The fourth-order valence-corrected chi connectivity index (χ4v) is 1.70. The van der Waals surface area contributed by atoms with Gasteiger partial charge in [-0.2, -0.15) is 0 Å². The maximum absolute atomic E-state index is 10.9. The molecule has 0 bridgehead atoms. The molecule has 1 aliphatic rings. The molecule has 1 saturated heterocycles. The highest BCUT2D eigenvalue weighted by Gasteiger charge is 2.31. The monoisotopic (exact) mass is 199 g/mol. The molecule has 1 amide bonds. The van der Waals surface area contributed by atoms with Crippen molar-refractivity contribution >= 4 is 5.91 Å². The zero-order valence-electron chi connectivity index (χ0n) is 9.12. The van der Waals surface area contributed by atoms with Crippen LogP contribution in [0.15, 0.2) is 0 Å². The van der Waals surface area contributed by atoms with Crippen molar-refractivity contribution in [2.24, 2.45) is 5.73 Å². The van der Waals surface area contributed by atoms with Crippen LogP contribution >= 0.6 is 0 Å². The van der Waals surface area contributed by atoms with Crippen LogP contribution in [0.5, 0.6) is 0 Å². The van der Waals surface area contributed by atoms with Gasteiger partial charge in [-0.25, -0.2) is 0 Å². The number of hydrogen-bond acceptors (Lipinski definition) is 3. The first-order valence-electron chi connectivity index (χ1n) is 5.38. The molecule has 0 aromatic rings. The van der Waals surface area contributed by atoms with Crippen LogP contribution in [-0.2, 0) is 4.79 Å². The molecule has 1 rings (SSSR count). The molecule has 0 saturated carbocycles. The molecule has 0 aromatic heterocycles. The molecule has 1 unspecified atom stereocenters. The summed E-state index contributed by atoms with van der Waals surface area (Å²) in [5.74, 6) is -0.173. The number of likely N-dealkylation sites (tertiary alicyclic amines) is 1. The van der Waals surface area contributed by atoms with Gasteiger partial charge in [0.1, 0.15) is 0 Å². The van der Waals surface area contributed by atoms with Gasteiger partial charge in [0.25, 0.3) is 0 Å². The molecule has 1 aliphatic heterocycles. The fourth-order valence-electron chi connectivity index (χ4n) is 1.70. The van der Waals surface area contributed by atoms with E-state index in [4.69, 9.17) is 5.73 Å². The van der Waals surface area contributed by atoms with E-state index in [-0.39, 0.29) is 11.9 Å². The summed E-state index contributed by atoms with van der Waals surface area (Å²) >= 11 is 0. The van der Waals surface area contributed by atoms with E-state index >= 15 is 0 Å². The lowest BCUT2D eigenvalue weighted by molar-refractivity contribution is -0.127. The zero-order chi connectivity index (χ0) is 10.6. The van der Waals surface area contributed by atoms with E-state index in [1.165, 1.54) is 0 Å². The molecule has 4 nitrogen and oxygen atoms in total. The summed E-state index contributed by atoms with van der Waals surface area (Å²) in [6.07, 6.45) is 2.02. The number of carbonyl (C=O) groups is 1. The first-order chi connectivity index (χ1) is 6.61. The van der Waals surface area contributed by atoms with E-state index < -0.39 is 0 Å². The number of amides is 1. The van der Waals surface area contributed by atoms with Gasteiger partial charge in [-0.05, 0) is 19.4 Å². The van der Waals surface area contributed by atoms with Gasteiger partial charge in [0, 0.05) is 19.1 Å². The normalized spacial score (nSPS) is 22.4. The van der Waals surface area contributed by atoms with Gasteiger partial charge < -0.3 is 11.1 Å². The third-order valence-electron chi connectivity index (χ3n) is 2.63. The summed E-state index contributed by atoms with van der Waals surface area (Å²) in [7, 11) is 0. The minimum Gasteiger partial charge on any atom is -0.368 e. The smallest absolute Gasteiger partial charge is 0.234 e. The Labute approximate surface area is 85.8 Å². The van der Waals surface area contributed by atoms with Crippen LogP contribution in [0, 0.1) is 0 Å². The van der Waals surface area contributed by atoms with Crippen LogP contribution in [0.4, 0.5) is 0 Å². The minimum atomic E-state index is -0.173. The summed E-state index contributed by atoms with van der Waals surface area (Å²) in [5.41, 5.74) is 5.24. The van der Waals surface area contributed by atoms with Crippen molar-refractivity contribution < 1.29 is 4.79 Å². The van der Waals surface area contributed by atoms with Crippen LogP contribution in [0.3, 0.4) is 0 Å². The van der Waals surface area contributed by atoms with Crippen molar-refractivity contribution in [2.75, 3.05) is 19.6 Å². The van der Waals surface area contributed by atoms with Crippen LogP contribution in [0.25, 0.3) is 0 Å². The van der Waals surface area contributed by atoms with Gasteiger partial charge in [0.15, 0.2) is 0 Å². The Morgan fingerprint density at radius 3 is 2.79 bits per heavy atom. The second-order valence-corrected chi connectivity index (χ2v) is 4.21. The van der Waals surface area contributed by atoms with Gasteiger partial charge in [-0.1, -0.05) is 13.8 Å². The average Bonchev–Trinajstić information content (AvgIpc) is 1.99. The molecule has 1 atom stereocenters. The molecule has 0 aliphatic carbocycles. The summed E-state index contributed by atoms with van der Waals surface area (Å²) in [6.45, 7) is 7.29. The lowest BCUT2D eigenvalue weighted by Gasteiger charge is -2.38. The van der Waals surface area contributed by atoms with Gasteiger partial charge in [-0.15, -0.1) is 0 Å². The third kappa shape index (κ3) is 3.27. The summed E-state index contributed by atoms with van der Waals surface area (Å²) in [5, 5.41) is 3.35. The SMILES string of the molecule is CC(C)NCCCN1CCC1C(N)=O. The Hall–Kier alpha value is -0.610. The lowest BCUT2D eigenvalue weighted by atomic mass is 10.0. The first kappa shape index (κ1) is 11.5. The highest BCUT2D eigenvalue weighted by atomic mass is 16.1. The van der Waals surface area contributed by atoms with Gasteiger partial charge >= 0.3 is 0 Å². The lowest BCUT2D eigenvalue weighted by Crippen LogP contribution is -2.55. The molecule has 82 valence electrons. The Morgan fingerprint density at radius 2 is 2.36 bits per heavy atom. The number of carbonyl (C=O) groups excluding carboxylic acids is 1. The Morgan fingerprint density at radius 1 is 1.64 bits per heavy atom. The second-order valence-electron chi connectivity index (χ2n) is 4.21. The highest BCUT2D eigenvalue weighted by Crippen LogP contribution is 2.16. The van der Waals surface area contributed by atoms with Crippen LogP contribution < -0.4 is 11.1 Å². The molecule has 3 N–H and O–H groups in total. The fraction of sp³-hybridized carbons (Fsp3) is 0.900. The van der Waals surface area contributed by atoms with E-state index in [1.54, 1.807) is 0 Å². The van der Waals surface area contributed by atoms with Gasteiger partial charge in [-0.3, -0.25) is 9.69 Å². The number of nitrogens with zero attached hydrogens (tertiary/aromatic N) is 1. The molecular formula is C10H21N3O. The van der Waals surface area contributed by atoms with E-state index in [2.05, 4.69) is 24.1 Å². The number of nitrogens with two attached hydrogens (primary N) is 1. The van der Waals surface area contributed by atoms with E-state index in [1.807, 2.05) is 0 Å². The molecule has 4 heteroatoms. The third-order valence-corrected chi connectivity index (χ3v) is 2.63. The Kier molecular flexibility index (Phi) is 4.35. The molecule has 14 heavy (non-hydrogen) atoms. The standard InChI is InChI=1S/C10H21N3O/c1-8(2)12-5-3-6-13-7-4-9(13)10(11)14/h8-9,12H,3-7H2,1-2H3,(H2,11,14). The van der Waals surface area contributed by atoms with Crippen molar-refractivity contribution in [3.05, 3.63) is 0 Å². The molecule has 1 heterocycles. The largest absolute Gasteiger partial charge is 0.368 e. The van der Waals surface area contributed by atoms with E-state index in [0.29, 0.717) is 6.04 Å². The molecular weight excluding hydrogens is 178 g/mol. The number of primary amides is 1. The predicted octanol–water partition coefficient (Wildman–Crippen LogP) is -0.0659. The van der Waals surface area contributed by atoms with Crippen molar-refractivity contribution in [1.82, 2.24) is 10.2 Å². The van der Waals surface area contributed by atoms with Crippen molar-refractivity contribution in [2.45, 2.75) is 38.8 Å². The van der Waals surface area contributed by atoms with Crippen molar-refractivity contribution in [3.8, 4) is 0 Å². The molecule has 0 spiro atoms.